The molecule has 0 saturated heterocycles. The van der Waals surface area contributed by atoms with Crippen molar-refractivity contribution >= 4 is 46.6 Å². The van der Waals surface area contributed by atoms with E-state index in [9.17, 15) is 4.79 Å². The predicted octanol–water partition coefficient (Wildman–Crippen LogP) is 4.13. The van der Waals surface area contributed by atoms with Crippen molar-refractivity contribution in [2.75, 3.05) is 13.1 Å². The van der Waals surface area contributed by atoms with Gasteiger partial charge in [-0.1, -0.05) is 36.4 Å². The summed E-state index contributed by atoms with van der Waals surface area (Å²) in [5.74, 6) is 0.941. The number of rotatable bonds is 8. The lowest BCUT2D eigenvalue weighted by Crippen LogP contribution is -2.38. The number of benzene rings is 2. The third-order valence-electron chi connectivity index (χ3n) is 4.75. The van der Waals surface area contributed by atoms with Gasteiger partial charge >= 0.3 is 0 Å². The molecular weight excluding hydrogens is 463 g/mol. The van der Waals surface area contributed by atoms with E-state index in [4.69, 9.17) is 0 Å². The van der Waals surface area contributed by atoms with Crippen LogP contribution in [-0.4, -0.2) is 31.0 Å². The van der Waals surface area contributed by atoms with Gasteiger partial charge in [-0.3, -0.25) is 9.79 Å². The van der Waals surface area contributed by atoms with E-state index in [1.54, 1.807) is 0 Å². The number of nitrogens with one attached hydrogen (secondary N) is 3. The number of nitrogens with zero attached hydrogens (tertiary/aromatic N) is 1. The van der Waals surface area contributed by atoms with Crippen LogP contribution in [0, 0.1) is 0 Å². The standard InChI is InChI=1S/C22H30N4O.HI/c1-3-23-22(24-14-6-9-21(27)26-20-12-13-20)25-16(2)18-11-10-17-7-4-5-8-19(17)15-18;/h4-5,7-8,10-11,15-16,20H,3,6,9,12-14H2,1-2H3,(H,26,27)(H2,23,24,25);1H. The number of hydrogen-bond acceptors (Lipinski definition) is 2. The van der Waals surface area contributed by atoms with E-state index in [-0.39, 0.29) is 35.9 Å². The molecule has 0 aromatic heterocycles. The molecule has 1 unspecified atom stereocenters. The molecule has 0 heterocycles. The number of halogens is 1. The molecule has 3 rings (SSSR count). The molecule has 1 aliphatic carbocycles. The molecule has 3 N–H and O–H groups in total. The third-order valence-corrected chi connectivity index (χ3v) is 4.75. The van der Waals surface area contributed by atoms with Crippen LogP contribution in [0.25, 0.3) is 10.8 Å². The van der Waals surface area contributed by atoms with Gasteiger partial charge in [-0.05, 0) is 55.5 Å². The quantitative estimate of drug-likeness (QED) is 0.224. The van der Waals surface area contributed by atoms with Crippen molar-refractivity contribution in [3.63, 3.8) is 0 Å². The lowest BCUT2D eigenvalue weighted by Gasteiger charge is -2.18. The van der Waals surface area contributed by atoms with Gasteiger partial charge in [0.1, 0.15) is 0 Å². The van der Waals surface area contributed by atoms with E-state index in [0.29, 0.717) is 19.0 Å². The first-order valence-electron chi connectivity index (χ1n) is 9.98. The zero-order valence-electron chi connectivity index (χ0n) is 16.7. The van der Waals surface area contributed by atoms with Gasteiger partial charge in [-0.15, -0.1) is 24.0 Å². The van der Waals surface area contributed by atoms with Gasteiger partial charge in [0.15, 0.2) is 5.96 Å². The highest BCUT2D eigenvalue weighted by Gasteiger charge is 2.22. The van der Waals surface area contributed by atoms with Crippen LogP contribution in [-0.2, 0) is 4.79 Å². The zero-order valence-corrected chi connectivity index (χ0v) is 19.0. The highest BCUT2D eigenvalue weighted by molar-refractivity contribution is 14.0. The summed E-state index contributed by atoms with van der Waals surface area (Å²) < 4.78 is 0. The van der Waals surface area contributed by atoms with Crippen molar-refractivity contribution in [3.8, 4) is 0 Å². The first kappa shape index (κ1) is 22.5. The zero-order chi connectivity index (χ0) is 19.1. The summed E-state index contributed by atoms with van der Waals surface area (Å²) in [6.07, 6.45) is 3.56. The second kappa shape index (κ2) is 11.2. The number of carbonyl (C=O) groups excluding carboxylic acids is 1. The summed E-state index contributed by atoms with van der Waals surface area (Å²) in [7, 11) is 0. The van der Waals surface area contributed by atoms with Crippen molar-refractivity contribution in [3.05, 3.63) is 48.0 Å². The highest BCUT2D eigenvalue weighted by Crippen LogP contribution is 2.20. The average Bonchev–Trinajstić information content (AvgIpc) is 3.48. The van der Waals surface area contributed by atoms with Gasteiger partial charge in [0.25, 0.3) is 0 Å². The Morgan fingerprint density at radius 3 is 2.64 bits per heavy atom. The van der Waals surface area contributed by atoms with E-state index >= 15 is 0 Å². The summed E-state index contributed by atoms with van der Waals surface area (Å²) in [5, 5.41) is 12.3. The number of hydrogen-bond donors (Lipinski definition) is 3. The Labute approximate surface area is 184 Å². The molecule has 1 atom stereocenters. The van der Waals surface area contributed by atoms with Crippen molar-refractivity contribution < 1.29 is 4.79 Å². The van der Waals surface area contributed by atoms with Crippen LogP contribution in [0.3, 0.4) is 0 Å². The monoisotopic (exact) mass is 494 g/mol. The van der Waals surface area contributed by atoms with E-state index in [1.165, 1.54) is 16.3 Å². The Morgan fingerprint density at radius 2 is 1.93 bits per heavy atom. The van der Waals surface area contributed by atoms with Crippen molar-refractivity contribution in [1.29, 1.82) is 0 Å². The molecule has 1 fully saturated rings. The molecule has 0 spiro atoms. The second-order valence-electron chi connectivity index (χ2n) is 7.18. The van der Waals surface area contributed by atoms with Crippen LogP contribution in [0.15, 0.2) is 47.5 Å². The molecule has 0 aliphatic heterocycles. The number of guanidine groups is 1. The normalized spacial score (nSPS) is 14.9. The number of carbonyl (C=O) groups is 1. The fraction of sp³-hybridized carbons (Fsp3) is 0.455. The number of aliphatic imine (C=N–C) groups is 1. The number of fused-ring (bicyclic) bond motifs is 1. The SMILES string of the molecule is CCNC(=NCCCC(=O)NC1CC1)NC(C)c1ccc2ccccc2c1.I. The highest BCUT2D eigenvalue weighted by atomic mass is 127. The number of amides is 1. The molecule has 0 radical (unpaired) electrons. The molecule has 1 saturated carbocycles. The minimum Gasteiger partial charge on any atom is -0.357 e. The molecular formula is C22H31IN4O. The third kappa shape index (κ3) is 6.96. The van der Waals surface area contributed by atoms with Gasteiger partial charge in [0.2, 0.25) is 5.91 Å². The maximum atomic E-state index is 11.7. The fourth-order valence-corrected chi connectivity index (χ4v) is 3.04. The van der Waals surface area contributed by atoms with Gasteiger partial charge in [0, 0.05) is 25.6 Å². The Kier molecular flexibility index (Phi) is 9.02. The topological polar surface area (TPSA) is 65.5 Å². The summed E-state index contributed by atoms with van der Waals surface area (Å²) >= 11 is 0. The maximum absolute atomic E-state index is 11.7. The van der Waals surface area contributed by atoms with Crippen LogP contribution >= 0.6 is 24.0 Å². The van der Waals surface area contributed by atoms with E-state index in [2.05, 4.69) is 77.3 Å². The van der Waals surface area contributed by atoms with E-state index < -0.39 is 0 Å². The van der Waals surface area contributed by atoms with Crippen molar-refractivity contribution in [2.24, 2.45) is 4.99 Å². The van der Waals surface area contributed by atoms with Crippen LogP contribution in [0.4, 0.5) is 0 Å². The average molecular weight is 494 g/mol. The van der Waals surface area contributed by atoms with Gasteiger partial charge in [-0.2, -0.15) is 0 Å². The first-order chi connectivity index (χ1) is 13.2. The van der Waals surface area contributed by atoms with Crippen LogP contribution < -0.4 is 16.0 Å². The Bertz CT molecular complexity index is 804. The van der Waals surface area contributed by atoms with E-state index in [1.807, 2.05) is 0 Å². The Hall–Kier alpha value is -1.83. The fourth-order valence-electron chi connectivity index (χ4n) is 3.04. The smallest absolute Gasteiger partial charge is 0.220 e. The molecule has 28 heavy (non-hydrogen) atoms. The molecule has 1 aliphatic rings. The minimum absolute atomic E-state index is 0. The minimum atomic E-state index is 0. The maximum Gasteiger partial charge on any atom is 0.220 e. The first-order valence-corrected chi connectivity index (χ1v) is 9.98. The second-order valence-corrected chi connectivity index (χ2v) is 7.18. The van der Waals surface area contributed by atoms with Gasteiger partial charge in [-0.25, -0.2) is 0 Å². The lowest BCUT2D eigenvalue weighted by molar-refractivity contribution is -0.121. The summed E-state index contributed by atoms with van der Waals surface area (Å²) in [5.41, 5.74) is 1.23. The van der Waals surface area contributed by atoms with Crippen LogP contribution in [0.2, 0.25) is 0 Å². The Balaban J connectivity index is 0.00000280. The summed E-state index contributed by atoms with van der Waals surface area (Å²) in [6, 6.07) is 15.5. The molecule has 1 amide bonds. The van der Waals surface area contributed by atoms with Crippen LogP contribution in [0.1, 0.15) is 51.1 Å². The molecule has 152 valence electrons. The van der Waals surface area contributed by atoms with E-state index in [0.717, 1.165) is 31.8 Å². The lowest BCUT2D eigenvalue weighted by atomic mass is 10.0. The molecule has 5 nitrogen and oxygen atoms in total. The molecule has 2 aromatic carbocycles. The predicted molar refractivity (Wildman–Crippen MR) is 127 cm³/mol. The summed E-state index contributed by atoms with van der Waals surface area (Å²) in [4.78, 5) is 16.4. The summed E-state index contributed by atoms with van der Waals surface area (Å²) in [6.45, 7) is 5.64. The molecule has 2 aromatic rings. The Morgan fingerprint density at radius 1 is 1.18 bits per heavy atom. The van der Waals surface area contributed by atoms with Gasteiger partial charge in [0.05, 0.1) is 6.04 Å². The van der Waals surface area contributed by atoms with Crippen LogP contribution in [0.5, 0.6) is 0 Å². The molecule has 6 heteroatoms. The van der Waals surface area contributed by atoms with Crippen molar-refractivity contribution in [2.45, 2.75) is 51.6 Å². The largest absolute Gasteiger partial charge is 0.357 e. The van der Waals surface area contributed by atoms with Crippen molar-refractivity contribution in [1.82, 2.24) is 16.0 Å². The van der Waals surface area contributed by atoms with Gasteiger partial charge < -0.3 is 16.0 Å². The molecule has 0 bridgehead atoms.